The number of hydrogen-bond donors (Lipinski definition) is 2. The van der Waals surface area contributed by atoms with Crippen LogP contribution in [0.4, 0.5) is 5.69 Å². The van der Waals surface area contributed by atoms with E-state index in [1.165, 1.54) is 0 Å². The summed E-state index contributed by atoms with van der Waals surface area (Å²) >= 11 is 6.19. The Kier molecular flexibility index (Phi) is 4.18. The second kappa shape index (κ2) is 6.36. The third-order valence-electron chi connectivity index (χ3n) is 5.28. The molecule has 1 saturated heterocycles. The van der Waals surface area contributed by atoms with Gasteiger partial charge in [0.2, 0.25) is 0 Å². The molecule has 0 aromatic heterocycles. The molecule has 2 N–H and O–H groups in total. The topological polar surface area (TPSA) is 58.6 Å². The van der Waals surface area contributed by atoms with E-state index in [4.69, 9.17) is 16.3 Å². The van der Waals surface area contributed by atoms with Crippen LogP contribution in [0, 0.1) is 12.8 Å². The van der Waals surface area contributed by atoms with Crippen LogP contribution in [0.3, 0.4) is 0 Å². The smallest absolute Gasteiger partial charge is 0.335 e. The molecule has 4 nitrogen and oxygen atoms in total. The van der Waals surface area contributed by atoms with Crippen LogP contribution in [0.25, 0.3) is 0 Å². The first-order valence-corrected chi connectivity index (χ1v) is 8.94. The van der Waals surface area contributed by atoms with Gasteiger partial charge in [-0.15, -0.1) is 0 Å². The lowest BCUT2D eigenvalue weighted by atomic mass is 9.76. The molecular formula is C20H20ClNO3. The number of halogens is 1. The van der Waals surface area contributed by atoms with Crippen molar-refractivity contribution < 1.29 is 14.6 Å². The molecule has 0 radical (unpaired) electrons. The average molecular weight is 358 g/mol. The Hall–Kier alpha value is -2.04. The molecule has 1 fully saturated rings. The van der Waals surface area contributed by atoms with Crippen molar-refractivity contribution in [3.63, 3.8) is 0 Å². The first kappa shape index (κ1) is 16.4. The fourth-order valence-electron chi connectivity index (χ4n) is 4.11. The minimum absolute atomic E-state index is 0.0206. The summed E-state index contributed by atoms with van der Waals surface area (Å²) in [4.78, 5) is 11.2. The quantitative estimate of drug-likeness (QED) is 0.795. The highest BCUT2D eigenvalue weighted by Gasteiger charge is 2.40. The molecule has 0 amide bonds. The van der Waals surface area contributed by atoms with Gasteiger partial charge in [0.15, 0.2) is 0 Å². The highest BCUT2D eigenvalue weighted by Crippen LogP contribution is 2.50. The van der Waals surface area contributed by atoms with Gasteiger partial charge in [0.25, 0.3) is 0 Å². The van der Waals surface area contributed by atoms with Crippen molar-refractivity contribution in [3.8, 4) is 0 Å². The summed E-state index contributed by atoms with van der Waals surface area (Å²) in [7, 11) is 0. The Labute approximate surface area is 151 Å². The number of rotatable bonds is 2. The normalized spacial score (nSPS) is 24.8. The fourth-order valence-corrected chi connectivity index (χ4v) is 4.29. The lowest BCUT2D eigenvalue weighted by Crippen LogP contribution is -2.36. The summed E-state index contributed by atoms with van der Waals surface area (Å²) in [5.41, 5.74) is 4.60. The Balaban J connectivity index is 1.77. The van der Waals surface area contributed by atoms with Crippen LogP contribution in [0.2, 0.25) is 5.02 Å². The maximum absolute atomic E-state index is 11.2. The Morgan fingerprint density at radius 1 is 1.24 bits per heavy atom. The van der Waals surface area contributed by atoms with Crippen LogP contribution < -0.4 is 5.32 Å². The predicted molar refractivity (Wildman–Crippen MR) is 97.4 cm³/mol. The monoisotopic (exact) mass is 357 g/mol. The zero-order valence-corrected chi connectivity index (χ0v) is 14.7. The molecule has 2 aromatic carbocycles. The number of aromatic carboxylic acids is 1. The third-order valence-corrected chi connectivity index (χ3v) is 5.51. The minimum Gasteiger partial charge on any atom is -0.478 e. The molecular weight excluding hydrogens is 338 g/mol. The molecule has 25 heavy (non-hydrogen) atoms. The van der Waals surface area contributed by atoms with Crippen molar-refractivity contribution in [1.82, 2.24) is 0 Å². The van der Waals surface area contributed by atoms with Crippen LogP contribution in [0.1, 0.15) is 52.0 Å². The number of nitrogens with one attached hydrogen (secondary N) is 1. The van der Waals surface area contributed by atoms with E-state index in [1.807, 2.05) is 31.2 Å². The average Bonchev–Trinajstić information content (AvgIpc) is 2.61. The molecule has 3 atom stereocenters. The summed E-state index contributed by atoms with van der Waals surface area (Å²) in [6.07, 6.45) is 2.11. The summed E-state index contributed by atoms with van der Waals surface area (Å²) in [6.45, 7) is 2.73. The number of carboxylic acid groups (broad SMARTS) is 1. The van der Waals surface area contributed by atoms with Crippen LogP contribution in [0.15, 0.2) is 36.4 Å². The fraction of sp³-hybridized carbons (Fsp3) is 0.350. The molecule has 0 unspecified atom stereocenters. The SMILES string of the molecule is Cc1cc(C(=O)O)ccc1[C@H]1Nc2ccc(Cl)cc2[C@@H]2OCCC[C@H]12. The van der Waals surface area contributed by atoms with Crippen molar-refractivity contribution in [2.75, 3.05) is 11.9 Å². The zero-order valence-electron chi connectivity index (χ0n) is 14.0. The van der Waals surface area contributed by atoms with Crippen LogP contribution in [-0.2, 0) is 4.74 Å². The van der Waals surface area contributed by atoms with Gasteiger partial charge < -0.3 is 15.2 Å². The Morgan fingerprint density at radius 3 is 2.84 bits per heavy atom. The summed E-state index contributed by atoms with van der Waals surface area (Å²) < 4.78 is 6.12. The van der Waals surface area contributed by atoms with Crippen molar-refractivity contribution in [2.24, 2.45) is 5.92 Å². The van der Waals surface area contributed by atoms with E-state index in [9.17, 15) is 9.90 Å². The number of hydrogen-bond acceptors (Lipinski definition) is 3. The minimum atomic E-state index is -0.898. The number of anilines is 1. The highest BCUT2D eigenvalue weighted by atomic mass is 35.5. The van der Waals surface area contributed by atoms with Crippen molar-refractivity contribution >= 4 is 23.3 Å². The maximum Gasteiger partial charge on any atom is 0.335 e. The van der Waals surface area contributed by atoms with Gasteiger partial charge in [-0.1, -0.05) is 17.7 Å². The number of aryl methyl sites for hydroxylation is 1. The van der Waals surface area contributed by atoms with Gasteiger partial charge in [-0.3, -0.25) is 0 Å². The van der Waals surface area contributed by atoms with Gasteiger partial charge in [-0.05, 0) is 61.2 Å². The molecule has 0 spiro atoms. The molecule has 0 bridgehead atoms. The van der Waals surface area contributed by atoms with E-state index in [1.54, 1.807) is 12.1 Å². The third kappa shape index (κ3) is 2.90. The standard InChI is InChI=1S/C20H20ClNO3/c1-11-9-12(20(23)24)4-6-14(11)18-15-3-2-8-25-19(15)16-10-13(21)5-7-17(16)22-18/h4-7,9-10,15,18-19,22H,2-3,8H2,1H3,(H,23,24)/t15-,18-,19-/m1/s1. The van der Waals surface area contributed by atoms with Gasteiger partial charge in [0, 0.05) is 28.8 Å². The molecule has 4 rings (SSSR count). The van der Waals surface area contributed by atoms with E-state index in [2.05, 4.69) is 5.32 Å². The van der Waals surface area contributed by atoms with Crippen LogP contribution >= 0.6 is 11.6 Å². The van der Waals surface area contributed by atoms with Crippen molar-refractivity contribution in [1.29, 1.82) is 0 Å². The molecule has 2 aliphatic rings. The predicted octanol–water partition coefficient (Wildman–Crippen LogP) is 4.98. The first-order valence-electron chi connectivity index (χ1n) is 8.56. The highest BCUT2D eigenvalue weighted by molar-refractivity contribution is 6.30. The second-order valence-electron chi connectivity index (χ2n) is 6.83. The lowest BCUT2D eigenvalue weighted by Gasteiger charge is -2.43. The Bertz CT molecular complexity index is 836. The number of carbonyl (C=O) groups is 1. The first-order chi connectivity index (χ1) is 12.0. The second-order valence-corrected chi connectivity index (χ2v) is 7.26. The van der Waals surface area contributed by atoms with E-state index < -0.39 is 5.97 Å². The van der Waals surface area contributed by atoms with Gasteiger partial charge in [-0.25, -0.2) is 4.79 Å². The molecule has 2 aliphatic heterocycles. The maximum atomic E-state index is 11.2. The number of fused-ring (bicyclic) bond motifs is 3. The summed E-state index contributed by atoms with van der Waals surface area (Å²) in [6, 6.07) is 11.3. The molecule has 5 heteroatoms. The van der Waals surface area contributed by atoms with E-state index in [0.717, 1.165) is 41.8 Å². The van der Waals surface area contributed by atoms with E-state index in [-0.39, 0.29) is 12.1 Å². The molecule has 130 valence electrons. The summed E-state index contributed by atoms with van der Waals surface area (Å²) in [5, 5.41) is 13.6. The van der Waals surface area contributed by atoms with E-state index >= 15 is 0 Å². The van der Waals surface area contributed by atoms with Gasteiger partial charge in [0.05, 0.1) is 17.7 Å². The summed E-state index contributed by atoms with van der Waals surface area (Å²) in [5.74, 6) is -0.598. The van der Waals surface area contributed by atoms with Crippen LogP contribution in [-0.4, -0.2) is 17.7 Å². The van der Waals surface area contributed by atoms with Gasteiger partial charge in [0.1, 0.15) is 0 Å². The number of benzene rings is 2. The largest absolute Gasteiger partial charge is 0.478 e. The van der Waals surface area contributed by atoms with Crippen molar-refractivity contribution in [3.05, 3.63) is 63.7 Å². The molecule has 2 aromatic rings. The number of ether oxygens (including phenoxy) is 1. The molecule has 2 heterocycles. The van der Waals surface area contributed by atoms with E-state index in [0.29, 0.717) is 16.5 Å². The molecule has 0 saturated carbocycles. The van der Waals surface area contributed by atoms with Gasteiger partial charge in [-0.2, -0.15) is 0 Å². The Morgan fingerprint density at radius 2 is 2.08 bits per heavy atom. The van der Waals surface area contributed by atoms with Crippen LogP contribution in [0.5, 0.6) is 0 Å². The molecule has 0 aliphatic carbocycles. The van der Waals surface area contributed by atoms with Gasteiger partial charge >= 0.3 is 5.97 Å². The van der Waals surface area contributed by atoms with Crippen molar-refractivity contribution in [2.45, 2.75) is 31.9 Å². The number of carboxylic acids is 1. The lowest BCUT2D eigenvalue weighted by molar-refractivity contribution is -0.0381. The zero-order chi connectivity index (χ0) is 17.6.